The number of morpholine rings is 1. The molecule has 0 atom stereocenters. The van der Waals surface area contributed by atoms with Gasteiger partial charge in [0.1, 0.15) is 5.52 Å². The van der Waals surface area contributed by atoms with Crippen LogP contribution in [0.2, 0.25) is 0 Å². The van der Waals surface area contributed by atoms with E-state index in [1.807, 2.05) is 11.0 Å². The van der Waals surface area contributed by atoms with Crippen LogP contribution in [-0.2, 0) is 10.9 Å². The van der Waals surface area contributed by atoms with E-state index in [9.17, 15) is 13.2 Å². The Kier molecular flexibility index (Phi) is 4.31. The van der Waals surface area contributed by atoms with Crippen LogP contribution in [0.25, 0.3) is 16.9 Å². The van der Waals surface area contributed by atoms with Crippen molar-refractivity contribution >= 4 is 27.3 Å². The van der Waals surface area contributed by atoms with Crippen molar-refractivity contribution in [3.63, 3.8) is 0 Å². The third kappa shape index (κ3) is 3.14. The molecule has 0 unspecified atom stereocenters. The molecule has 1 saturated heterocycles. The van der Waals surface area contributed by atoms with Crippen molar-refractivity contribution in [2.45, 2.75) is 6.18 Å². The second-order valence-corrected chi connectivity index (χ2v) is 6.62. The number of rotatable bonds is 2. The van der Waals surface area contributed by atoms with Gasteiger partial charge in [-0.15, -0.1) is 5.10 Å². The molecule has 1 aliphatic heterocycles. The van der Waals surface area contributed by atoms with Crippen molar-refractivity contribution < 1.29 is 17.9 Å². The highest BCUT2D eigenvalue weighted by atomic mass is 79.9. The summed E-state index contributed by atoms with van der Waals surface area (Å²) in [6, 6.07) is 2.64. The summed E-state index contributed by atoms with van der Waals surface area (Å²) < 4.78 is 47.7. The quantitative estimate of drug-likeness (QED) is 0.629. The first-order valence-corrected chi connectivity index (χ1v) is 8.55. The fourth-order valence-corrected chi connectivity index (χ4v) is 3.25. The molecule has 135 valence electrons. The molecule has 4 rings (SSSR count). The van der Waals surface area contributed by atoms with Gasteiger partial charge in [-0.05, 0) is 28.1 Å². The van der Waals surface area contributed by atoms with Crippen molar-refractivity contribution in [3.05, 3.63) is 40.8 Å². The van der Waals surface area contributed by atoms with Crippen LogP contribution >= 0.6 is 15.9 Å². The van der Waals surface area contributed by atoms with Gasteiger partial charge in [-0.1, -0.05) is 0 Å². The van der Waals surface area contributed by atoms with Crippen molar-refractivity contribution in [2.75, 3.05) is 31.2 Å². The van der Waals surface area contributed by atoms with Crippen LogP contribution < -0.4 is 4.90 Å². The Labute approximate surface area is 154 Å². The SMILES string of the molecule is FC(F)(F)c1c[c]ncc1-c1nc(N2CCOCC2)c2cc(Br)cn2n1. The predicted molar refractivity (Wildman–Crippen MR) is 90.8 cm³/mol. The summed E-state index contributed by atoms with van der Waals surface area (Å²) in [7, 11) is 0. The van der Waals surface area contributed by atoms with E-state index in [0.717, 1.165) is 16.7 Å². The molecule has 3 aromatic rings. The zero-order valence-electron chi connectivity index (χ0n) is 13.3. The zero-order valence-corrected chi connectivity index (χ0v) is 14.9. The van der Waals surface area contributed by atoms with Gasteiger partial charge in [-0.3, -0.25) is 4.98 Å². The Morgan fingerprint density at radius 2 is 2.00 bits per heavy atom. The summed E-state index contributed by atoms with van der Waals surface area (Å²) >= 11 is 3.38. The number of alkyl halides is 3. The first-order valence-electron chi connectivity index (χ1n) is 7.76. The molecule has 0 saturated carbocycles. The van der Waals surface area contributed by atoms with Crippen LogP contribution in [0.3, 0.4) is 0 Å². The minimum Gasteiger partial charge on any atom is -0.378 e. The second kappa shape index (κ2) is 6.51. The number of ether oxygens (including phenoxy) is 1. The molecular weight excluding hydrogens is 415 g/mol. The minimum absolute atomic E-state index is 0.0454. The highest BCUT2D eigenvalue weighted by molar-refractivity contribution is 9.10. The van der Waals surface area contributed by atoms with Gasteiger partial charge in [0.2, 0.25) is 0 Å². The number of pyridine rings is 1. The average molecular weight is 427 g/mol. The summed E-state index contributed by atoms with van der Waals surface area (Å²) in [4.78, 5) is 10.1. The Morgan fingerprint density at radius 3 is 2.73 bits per heavy atom. The van der Waals surface area contributed by atoms with Gasteiger partial charge in [0.15, 0.2) is 11.6 Å². The lowest BCUT2D eigenvalue weighted by Crippen LogP contribution is -2.37. The largest absolute Gasteiger partial charge is 0.417 e. The van der Waals surface area contributed by atoms with Gasteiger partial charge in [0, 0.05) is 30.0 Å². The van der Waals surface area contributed by atoms with Crippen molar-refractivity contribution in [2.24, 2.45) is 0 Å². The summed E-state index contributed by atoms with van der Waals surface area (Å²) in [5.74, 6) is 0.515. The molecular formula is C16H12BrF3N5O. The Bertz CT molecular complexity index is 953. The number of nitrogens with zero attached hydrogens (tertiary/aromatic N) is 5. The summed E-state index contributed by atoms with van der Waals surface area (Å²) in [6.07, 6.45) is 0.448. The van der Waals surface area contributed by atoms with E-state index < -0.39 is 11.7 Å². The third-order valence-electron chi connectivity index (χ3n) is 4.03. The average Bonchev–Trinajstić information content (AvgIpc) is 3.01. The normalized spacial score (nSPS) is 15.6. The number of fused-ring (bicyclic) bond motifs is 1. The predicted octanol–water partition coefficient (Wildman–Crippen LogP) is 3.21. The van der Waals surface area contributed by atoms with Crippen molar-refractivity contribution in [1.82, 2.24) is 19.6 Å². The first kappa shape index (κ1) is 17.2. The molecule has 0 N–H and O–H groups in total. The summed E-state index contributed by atoms with van der Waals surface area (Å²) in [5, 5.41) is 4.26. The molecule has 0 amide bonds. The Hall–Kier alpha value is -2.20. The van der Waals surface area contributed by atoms with E-state index in [-0.39, 0.29) is 11.4 Å². The monoisotopic (exact) mass is 426 g/mol. The molecule has 0 bridgehead atoms. The standard InChI is InChI=1S/C16H12BrF3N5O/c17-10-7-13-15(24-3-5-26-6-4-24)22-14(23-25(13)9-10)11-8-21-2-1-12(11)16(18,19)20/h1,7-9H,3-6H2. The molecule has 1 aliphatic rings. The van der Waals surface area contributed by atoms with E-state index in [1.54, 1.807) is 6.20 Å². The molecule has 10 heteroatoms. The number of aromatic nitrogens is 4. The van der Waals surface area contributed by atoms with E-state index in [1.165, 1.54) is 4.52 Å². The van der Waals surface area contributed by atoms with E-state index >= 15 is 0 Å². The van der Waals surface area contributed by atoms with Gasteiger partial charge in [0.05, 0.1) is 30.5 Å². The van der Waals surface area contributed by atoms with Crippen molar-refractivity contribution in [3.8, 4) is 11.4 Å². The third-order valence-corrected chi connectivity index (χ3v) is 4.47. The number of hydrogen-bond acceptors (Lipinski definition) is 5. The molecule has 6 nitrogen and oxygen atoms in total. The molecule has 1 fully saturated rings. The molecule has 1 radical (unpaired) electrons. The highest BCUT2D eigenvalue weighted by Crippen LogP contribution is 2.36. The van der Waals surface area contributed by atoms with Crippen molar-refractivity contribution in [1.29, 1.82) is 0 Å². The van der Waals surface area contributed by atoms with E-state index in [0.29, 0.717) is 37.6 Å². The summed E-state index contributed by atoms with van der Waals surface area (Å²) in [5.41, 5.74) is -0.352. The number of halogens is 4. The van der Waals surface area contributed by atoms with Crippen LogP contribution in [0.5, 0.6) is 0 Å². The van der Waals surface area contributed by atoms with E-state index in [4.69, 9.17) is 4.74 Å². The van der Waals surface area contributed by atoms with Gasteiger partial charge in [0.25, 0.3) is 0 Å². The van der Waals surface area contributed by atoms with E-state index in [2.05, 4.69) is 37.2 Å². The maximum atomic E-state index is 13.4. The van der Waals surface area contributed by atoms with Crippen LogP contribution in [0.4, 0.5) is 19.0 Å². The molecule has 0 spiro atoms. The summed E-state index contributed by atoms with van der Waals surface area (Å²) in [6.45, 7) is 2.26. The smallest absolute Gasteiger partial charge is 0.378 e. The Morgan fingerprint density at radius 1 is 1.23 bits per heavy atom. The lowest BCUT2D eigenvalue weighted by molar-refractivity contribution is -0.137. The molecule has 0 aromatic carbocycles. The molecule has 3 aromatic heterocycles. The molecule has 4 heterocycles. The highest BCUT2D eigenvalue weighted by Gasteiger charge is 2.35. The second-order valence-electron chi connectivity index (χ2n) is 5.70. The van der Waals surface area contributed by atoms with Crippen LogP contribution in [0.15, 0.2) is 29.0 Å². The molecule has 0 aliphatic carbocycles. The fraction of sp³-hybridized carbons (Fsp3) is 0.312. The zero-order chi connectivity index (χ0) is 18.3. The number of anilines is 1. The Balaban J connectivity index is 1.92. The number of hydrogen-bond donors (Lipinski definition) is 0. The fourth-order valence-electron chi connectivity index (χ4n) is 2.84. The van der Waals surface area contributed by atoms with Gasteiger partial charge in [-0.2, -0.15) is 13.2 Å². The van der Waals surface area contributed by atoms with Crippen LogP contribution in [0.1, 0.15) is 5.56 Å². The van der Waals surface area contributed by atoms with Crippen LogP contribution in [-0.4, -0.2) is 45.9 Å². The maximum Gasteiger partial charge on any atom is 0.417 e. The topological polar surface area (TPSA) is 55.5 Å². The minimum atomic E-state index is -4.55. The van der Waals surface area contributed by atoms with Crippen LogP contribution in [0, 0.1) is 6.20 Å². The van der Waals surface area contributed by atoms with Gasteiger partial charge >= 0.3 is 6.18 Å². The van der Waals surface area contributed by atoms with Gasteiger partial charge in [-0.25, -0.2) is 9.50 Å². The maximum absolute atomic E-state index is 13.4. The van der Waals surface area contributed by atoms with Gasteiger partial charge < -0.3 is 9.64 Å². The molecule has 26 heavy (non-hydrogen) atoms. The first-order chi connectivity index (χ1) is 12.4. The lowest BCUT2D eigenvalue weighted by Gasteiger charge is -2.28. The lowest BCUT2D eigenvalue weighted by atomic mass is 10.1.